The van der Waals surface area contributed by atoms with Gasteiger partial charge >= 0.3 is 5.97 Å². The molecular weight excluding hydrogens is 646 g/mol. The summed E-state index contributed by atoms with van der Waals surface area (Å²) in [6.07, 6.45) is 6.83. The lowest BCUT2D eigenvalue weighted by atomic mass is 9.84. The topological polar surface area (TPSA) is 183 Å². The Kier molecular flexibility index (Phi) is 13.2. The standard InChI is InChI=1S/C37H43N3O10/c1-22-11-10-14-25(41)13-7-5-6-12-23-17-27(42)34(35(45)33(23)37(46)50-22)26(24-18-28(47-2)36(49-4)29(19-24)48-3)20-31(43)39-21-32(44)40-30-15-8-9-16-38-30/h6,8-9,12,15-19,22,26,42,45H,5,7,10-11,13-14,20-21H2,1-4H3,(H,39,43)(H,38,40,44)/t22-,26?/m0/s1. The van der Waals surface area contributed by atoms with Gasteiger partial charge in [0.05, 0.1) is 34.0 Å². The molecule has 13 nitrogen and oxygen atoms in total. The molecule has 2 atom stereocenters. The number of ether oxygens (including phenoxy) is 4. The fraction of sp³-hybridized carbons (Fsp3) is 0.378. The quantitative estimate of drug-likeness (QED) is 0.203. The number of allylic oxidation sites excluding steroid dienone is 1. The molecule has 2 heterocycles. The number of fused-ring (bicyclic) bond motifs is 1. The van der Waals surface area contributed by atoms with E-state index in [0.29, 0.717) is 49.9 Å². The van der Waals surface area contributed by atoms with Crippen LogP contribution >= 0.6 is 0 Å². The van der Waals surface area contributed by atoms with Crippen LogP contribution in [0, 0.1) is 0 Å². The van der Waals surface area contributed by atoms with Gasteiger partial charge in [0.25, 0.3) is 0 Å². The lowest BCUT2D eigenvalue weighted by Gasteiger charge is -2.24. The summed E-state index contributed by atoms with van der Waals surface area (Å²) < 4.78 is 22.2. The van der Waals surface area contributed by atoms with Gasteiger partial charge in [0.15, 0.2) is 11.5 Å². The first-order valence-electron chi connectivity index (χ1n) is 16.3. The molecule has 0 saturated carbocycles. The Hall–Kier alpha value is -5.59. The number of ketones is 1. The number of anilines is 1. The highest BCUT2D eigenvalue weighted by molar-refractivity contribution is 5.98. The number of nitrogens with one attached hydrogen (secondary N) is 2. The van der Waals surface area contributed by atoms with Crippen molar-refractivity contribution in [3.63, 3.8) is 0 Å². The highest BCUT2D eigenvalue weighted by Gasteiger charge is 2.32. The van der Waals surface area contributed by atoms with E-state index in [1.165, 1.54) is 33.6 Å². The molecule has 4 rings (SSSR count). The molecule has 0 bridgehead atoms. The van der Waals surface area contributed by atoms with Crippen LogP contribution in [-0.4, -0.2) is 72.7 Å². The monoisotopic (exact) mass is 689 g/mol. The Labute approximate surface area is 290 Å². The van der Waals surface area contributed by atoms with Crippen LogP contribution in [0.1, 0.15) is 84.8 Å². The number of aromatic nitrogens is 1. The summed E-state index contributed by atoms with van der Waals surface area (Å²) in [7, 11) is 4.27. The predicted molar refractivity (Wildman–Crippen MR) is 185 cm³/mol. The molecule has 1 aromatic heterocycles. The molecule has 0 aliphatic carbocycles. The molecule has 1 aliphatic rings. The number of phenolic OH excluding ortho intramolecular Hbond substituents is 2. The minimum Gasteiger partial charge on any atom is -0.507 e. The third-order valence-corrected chi connectivity index (χ3v) is 8.26. The first-order valence-corrected chi connectivity index (χ1v) is 16.3. The number of methoxy groups -OCH3 is 3. The first-order chi connectivity index (χ1) is 24.1. The highest BCUT2D eigenvalue weighted by Crippen LogP contribution is 2.47. The molecular formula is C37H43N3O10. The number of esters is 1. The van der Waals surface area contributed by atoms with Crippen molar-refractivity contribution in [2.45, 2.75) is 63.9 Å². The third-order valence-electron chi connectivity index (χ3n) is 8.26. The van der Waals surface area contributed by atoms with Crippen LogP contribution < -0.4 is 24.8 Å². The zero-order chi connectivity index (χ0) is 36.2. The Bertz CT molecular complexity index is 1700. The summed E-state index contributed by atoms with van der Waals surface area (Å²) >= 11 is 0. The maximum Gasteiger partial charge on any atom is 0.342 e. The van der Waals surface area contributed by atoms with E-state index in [2.05, 4.69) is 15.6 Å². The largest absolute Gasteiger partial charge is 0.507 e. The van der Waals surface area contributed by atoms with E-state index in [1.807, 2.05) is 0 Å². The number of Topliss-reactive ketones (excluding diaryl/α,β-unsaturated/α-hetero) is 1. The van der Waals surface area contributed by atoms with E-state index in [1.54, 1.807) is 49.4 Å². The van der Waals surface area contributed by atoms with E-state index in [9.17, 15) is 29.4 Å². The molecule has 4 N–H and O–H groups in total. The number of phenols is 2. The van der Waals surface area contributed by atoms with E-state index < -0.39 is 41.3 Å². The van der Waals surface area contributed by atoms with Gasteiger partial charge in [-0.25, -0.2) is 9.78 Å². The molecule has 50 heavy (non-hydrogen) atoms. The maximum absolute atomic E-state index is 13.7. The van der Waals surface area contributed by atoms with Gasteiger partial charge in [-0.15, -0.1) is 0 Å². The Balaban J connectivity index is 1.78. The fourth-order valence-corrected chi connectivity index (χ4v) is 5.77. The number of benzene rings is 2. The van der Waals surface area contributed by atoms with Gasteiger partial charge in [0, 0.05) is 36.9 Å². The first kappa shape index (κ1) is 37.2. The van der Waals surface area contributed by atoms with Crippen molar-refractivity contribution >= 4 is 35.5 Å². The summed E-state index contributed by atoms with van der Waals surface area (Å²) in [4.78, 5) is 55.9. The molecule has 0 spiro atoms. The van der Waals surface area contributed by atoms with Gasteiger partial charge in [0.1, 0.15) is 28.7 Å². The molecule has 1 unspecified atom stereocenters. The van der Waals surface area contributed by atoms with Gasteiger partial charge in [-0.2, -0.15) is 0 Å². The number of aromatic hydroxyl groups is 2. The molecule has 13 heteroatoms. The normalized spacial score (nSPS) is 15.9. The van der Waals surface area contributed by atoms with Gasteiger partial charge in [-0.3, -0.25) is 14.4 Å². The Morgan fingerprint density at radius 3 is 2.38 bits per heavy atom. The van der Waals surface area contributed by atoms with E-state index in [-0.39, 0.29) is 52.7 Å². The zero-order valence-electron chi connectivity index (χ0n) is 28.6. The Morgan fingerprint density at radius 1 is 1.00 bits per heavy atom. The third kappa shape index (κ3) is 9.52. The second-order valence-electron chi connectivity index (χ2n) is 11.8. The van der Waals surface area contributed by atoms with Crippen LogP contribution in [0.25, 0.3) is 6.08 Å². The lowest BCUT2D eigenvalue weighted by molar-refractivity contribution is -0.124. The van der Waals surface area contributed by atoms with Crippen LogP contribution in [0.4, 0.5) is 5.82 Å². The Morgan fingerprint density at radius 2 is 1.72 bits per heavy atom. The molecule has 0 radical (unpaired) electrons. The van der Waals surface area contributed by atoms with Gasteiger partial charge in [-0.05, 0) is 74.1 Å². The SMILES string of the molecule is COc1cc(C(CC(=O)NCC(=O)Nc2ccccn2)c2c(O)cc3c(c2O)C(=O)O[C@@H](C)CCCC(=O)CCCC=C3)cc(OC)c1OC. The second kappa shape index (κ2) is 17.7. The van der Waals surface area contributed by atoms with Crippen molar-refractivity contribution in [2.24, 2.45) is 0 Å². The van der Waals surface area contributed by atoms with Crippen LogP contribution in [-0.2, 0) is 19.1 Å². The smallest absolute Gasteiger partial charge is 0.342 e. The van der Waals surface area contributed by atoms with Crippen molar-refractivity contribution in [3.8, 4) is 28.7 Å². The van der Waals surface area contributed by atoms with Crippen molar-refractivity contribution in [1.29, 1.82) is 0 Å². The van der Waals surface area contributed by atoms with Crippen molar-refractivity contribution in [3.05, 3.63) is 70.9 Å². The molecule has 2 amide bonds. The molecule has 266 valence electrons. The van der Waals surface area contributed by atoms with Gasteiger partial charge in [0.2, 0.25) is 17.6 Å². The number of hydrogen-bond donors (Lipinski definition) is 4. The van der Waals surface area contributed by atoms with Crippen LogP contribution in [0.15, 0.2) is 48.7 Å². The number of nitrogens with zero attached hydrogens (tertiary/aromatic N) is 1. The number of hydrogen-bond acceptors (Lipinski definition) is 11. The number of amides is 2. The molecule has 0 fully saturated rings. The average molecular weight is 690 g/mol. The van der Waals surface area contributed by atoms with Crippen molar-refractivity contribution < 1.29 is 48.3 Å². The summed E-state index contributed by atoms with van der Waals surface area (Å²) in [5.41, 5.74) is 0.238. The molecule has 0 saturated heterocycles. The van der Waals surface area contributed by atoms with E-state index in [4.69, 9.17) is 18.9 Å². The maximum atomic E-state index is 13.7. The minimum absolute atomic E-state index is 0.129. The summed E-state index contributed by atoms with van der Waals surface area (Å²) in [6, 6.07) is 9.47. The second-order valence-corrected chi connectivity index (χ2v) is 11.8. The summed E-state index contributed by atoms with van der Waals surface area (Å²) in [6.45, 7) is 1.31. The number of cyclic esters (lactones) is 1. The number of rotatable bonds is 10. The summed E-state index contributed by atoms with van der Waals surface area (Å²) in [5.74, 6) is -2.82. The van der Waals surface area contributed by atoms with Gasteiger partial charge in [-0.1, -0.05) is 18.2 Å². The van der Waals surface area contributed by atoms with E-state index >= 15 is 0 Å². The molecule has 1 aliphatic heterocycles. The molecule has 3 aromatic rings. The fourth-order valence-electron chi connectivity index (χ4n) is 5.77. The van der Waals surface area contributed by atoms with Crippen molar-refractivity contribution in [1.82, 2.24) is 10.3 Å². The lowest BCUT2D eigenvalue weighted by Crippen LogP contribution is -2.33. The predicted octanol–water partition coefficient (Wildman–Crippen LogP) is 5.28. The van der Waals surface area contributed by atoms with Gasteiger partial charge < -0.3 is 39.8 Å². The minimum atomic E-state index is -1.10. The number of carbonyl (C=O) groups excluding carboxylic acids is 4. The summed E-state index contributed by atoms with van der Waals surface area (Å²) in [5, 5.41) is 28.5. The average Bonchev–Trinajstić information content (AvgIpc) is 3.09. The number of carbonyl (C=O) groups is 4. The zero-order valence-corrected chi connectivity index (χ0v) is 28.6. The van der Waals surface area contributed by atoms with E-state index in [0.717, 1.165) is 0 Å². The van der Waals surface area contributed by atoms with Crippen LogP contribution in [0.2, 0.25) is 0 Å². The van der Waals surface area contributed by atoms with Crippen LogP contribution in [0.3, 0.4) is 0 Å². The van der Waals surface area contributed by atoms with Crippen LogP contribution in [0.5, 0.6) is 28.7 Å². The number of pyridine rings is 1. The highest BCUT2D eigenvalue weighted by atomic mass is 16.5. The van der Waals surface area contributed by atoms with Crippen molar-refractivity contribution in [2.75, 3.05) is 33.2 Å². The molecule has 2 aromatic carbocycles.